The lowest BCUT2D eigenvalue weighted by Gasteiger charge is -2.37. The second-order valence-corrected chi connectivity index (χ2v) is 5.85. The Morgan fingerprint density at radius 1 is 1.28 bits per heavy atom. The van der Waals surface area contributed by atoms with Crippen molar-refractivity contribution < 1.29 is 4.79 Å². The minimum absolute atomic E-state index is 0.0382. The zero-order valence-electron chi connectivity index (χ0n) is 12.6. The molecule has 1 amide bonds. The second-order valence-electron chi connectivity index (χ2n) is 5.85. The standard InChI is InChI=1S/C14H29N3O/c1-11(2)17(12(3)14(18)16(4)5)10-13-8-6-7-9-15-13/h11-13,15H,6-10H2,1-5H3. The zero-order chi connectivity index (χ0) is 13.7. The molecular formula is C14H29N3O. The van der Waals surface area contributed by atoms with Crippen molar-refractivity contribution in [2.75, 3.05) is 27.2 Å². The fourth-order valence-corrected chi connectivity index (χ4v) is 2.67. The van der Waals surface area contributed by atoms with E-state index in [-0.39, 0.29) is 11.9 Å². The van der Waals surface area contributed by atoms with Crippen molar-refractivity contribution >= 4 is 5.91 Å². The van der Waals surface area contributed by atoms with Gasteiger partial charge in [0, 0.05) is 32.7 Å². The molecule has 0 aromatic heterocycles. The Morgan fingerprint density at radius 2 is 1.94 bits per heavy atom. The molecule has 0 aromatic rings. The Hall–Kier alpha value is -0.610. The van der Waals surface area contributed by atoms with E-state index in [9.17, 15) is 4.79 Å². The molecule has 1 N–H and O–H groups in total. The Bertz CT molecular complexity index is 260. The van der Waals surface area contributed by atoms with E-state index >= 15 is 0 Å². The highest BCUT2D eigenvalue weighted by Crippen LogP contribution is 2.13. The Morgan fingerprint density at radius 3 is 2.39 bits per heavy atom. The summed E-state index contributed by atoms with van der Waals surface area (Å²) in [5.74, 6) is 0.194. The number of likely N-dealkylation sites (N-methyl/N-ethyl adjacent to an activating group) is 1. The van der Waals surface area contributed by atoms with Gasteiger partial charge in [0.2, 0.25) is 5.91 Å². The van der Waals surface area contributed by atoms with Crippen LogP contribution in [0.25, 0.3) is 0 Å². The summed E-state index contributed by atoms with van der Waals surface area (Å²) in [7, 11) is 3.66. The number of piperidine rings is 1. The largest absolute Gasteiger partial charge is 0.347 e. The van der Waals surface area contributed by atoms with E-state index in [1.54, 1.807) is 4.90 Å². The molecule has 0 bridgehead atoms. The van der Waals surface area contributed by atoms with Gasteiger partial charge in [-0.25, -0.2) is 0 Å². The van der Waals surface area contributed by atoms with Gasteiger partial charge in [0.05, 0.1) is 6.04 Å². The predicted octanol–water partition coefficient (Wildman–Crippen LogP) is 1.32. The smallest absolute Gasteiger partial charge is 0.239 e. The van der Waals surface area contributed by atoms with Crippen molar-refractivity contribution in [1.29, 1.82) is 0 Å². The van der Waals surface area contributed by atoms with Crippen LogP contribution in [-0.4, -0.2) is 61.0 Å². The van der Waals surface area contributed by atoms with Gasteiger partial charge in [-0.1, -0.05) is 6.42 Å². The lowest BCUT2D eigenvalue weighted by atomic mass is 10.0. The van der Waals surface area contributed by atoms with E-state index in [4.69, 9.17) is 0 Å². The third kappa shape index (κ3) is 4.25. The molecule has 1 rings (SSSR count). The maximum absolute atomic E-state index is 12.1. The van der Waals surface area contributed by atoms with Crippen LogP contribution >= 0.6 is 0 Å². The van der Waals surface area contributed by atoms with E-state index in [2.05, 4.69) is 24.1 Å². The highest BCUT2D eigenvalue weighted by molar-refractivity contribution is 5.80. The molecule has 0 saturated carbocycles. The van der Waals surface area contributed by atoms with Crippen molar-refractivity contribution in [3.63, 3.8) is 0 Å². The van der Waals surface area contributed by atoms with Crippen LogP contribution in [0, 0.1) is 0 Å². The number of hydrogen-bond acceptors (Lipinski definition) is 3. The molecule has 1 saturated heterocycles. The number of nitrogens with zero attached hydrogens (tertiary/aromatic N) is 2. The van der Waals surface area contributed by atoms with Gasteiger partial charge in [-0.2, -0.15) is 0 Å². The van der Waals surface area contributed by atoms with E-state index in [1.165, 1.54) is 19.3 Å². The number of rotatable bonds is 5. The van der Waals surface area contributed by atoms with Crippen LogP contribution in [-0.2, 0) is 4.79 Å². The molecule has 18 heavy (non-hydrogen) atoms. The van der Waals surface area contributed by atoms with Crippen LogP contribution in [0.3, 0.4) is 0 Å². The van der Waals surface area contributed by atoms with Gasteiger partial charge in [-0.15, -0.1) is 0 Å². The average molecular weight is 255 g/mol. The fraction of sp³-hybridized carbons (Fsp3) is 0.929. The molecule has 1 fully saturated rings. The summed E-state index contributed by atoms with van der Waals surface area (Å²) < 4.78 is 0. The number of amides is 1. The molecule has 2 unspecified atom stereocenters. The average Bonchev–Trinajstić information content (AvgIpc) is 2.35. The molecule has 0 aromatic carbocycles. The first-order chi connectivity index (χ1) is 8.43. The number of nitrogens with one attached hydrogen (secondary N) is 1. The van der Waals surface area contributed by atoms with Gasteiger partial charge in [0.1, 0.15) is 0 Å². The summed E-state index contributed by atoms with van der Waals surface area (Å²) in [6.45, 7) is 8.45. The van der Waals surface area contributed by atoms with Gasteiger partial charge in [-0.3, -0.25) is 9.69 Å². The molecule has 4 nitrogen and oxygen atoms in total. The van der Waals surface area contributed by atoms with Crippen molar-refractivity contribution in [1.82, 2.24) is 15.1 Å². The van der Waals surface area contributed by atoms with E-state index < -0.39 is 0 Å². The summed E-state index contributed by atoms with van der Waals surface area (Å²) in [4.78, 5) is 16.1. The zero-order valence-corrected chi connectivity index (χ0v) is 12.6. The van der Waals surface area contributed by atoms with Crippen molar-refractivity contribution in [2.24, 2.45) is 0 Å². The molecule has 0 aliphatic carbocycles. The van der Waals surface area contributed by atoms with E-state index in [0.29, 0.717) is 12.1 Å². The molecule has 1 heterocycles. The monoisotopic (exact) mass is 255 g/mol. The van der Waals surface area contributed by atoms with Crippen LogP contribution in [0.5, 0.6) is 0 Å². The maximum atomic E-state index is 12.1. The minimum atomic E-state index is -0.0382. The number of hydrogen-bond donors (Lipinski definition) is 1. The van der Waals surface area contributed by atoms with Crippen LogP contribution in [0.2, 0.25) is 0 Å². The summed E-state index contributed by atoms with van der Waals surface area (Å²) in [5, 5.41) is 3.56. The second kappa shape index (κ2) is 7.10. The fourth-order valence-electron chi connectivity index (χ4n) is 2.67. The Kier molecular flexibility index (Phi) is 6.09. The summed E-state index contributed by atoms with van der Waals surface area (Å²) in [6, 6.07) is 0.898. The van der Waals surface area contributed by atoms with Gasteiger partial charge in [-0.05, 0) is 40.2 Å². The summed E-state index contributed by atoms with van der Waals surface area (Å²) in [5.41, 5.74) is 0. The first kappa shape index (κ1) is 15.4. The van der Waals surface area contributed by atoms with Crippen molar-refractivity contribution in [3.05, 3.63) is 0 Å². The Labute approximate surface area is 112 Å². The minimum Gasteiger partial charge on any atom is -0.347 e. The normalized spacial score (nSPS) is 22.3. The quantitative estimate of drug-likeness (QED) is 0.805. The lowest BCUT2D eigenvalue weighted by Crippen LogP contribution is -2.53. The first-order valence-electron chi connectivity index (χ1n) is 7.13. The highest BCUT2D eigenvalue weighted by Gasteiger charge is 2.27. The van der Waals surface area contributed by atoms with Crippen LogP contribution in [0.4, 0.5) is 0 Å². The van der Waals surface area contributed by atoms with Gasteiger partial charge in [0.15, 0.2) is 0 Å². The molecule has 2 atom stereocenters. The SMILES string of the molecule is CC(C)N(CC1CCCCN1)C(C)C(=O)N(C)C. The third-order valence-corrected chi connectivity index (χ3v) is 3.80. The maximum Gasteiger partial charge on any atom is 0.239 e. The third-order valence-electron chi connectivity index (χ3n) is 3.80. The van der Waals surface area contributed by atoms with E-state index in [1.807, 2.05) is 21.0 Å². The molecule has 0 spiro atoms. The number of carbonyl (C=O) groups is 1. The van der Waals surface area contributed by atoms with Gasteiger partial charge >= 0.3 is 0 Å². The molecule has 0 radical (unpaired) electrons. The van der Waals surface area contributed by atoms with Gasteiger partial charge in [0.25, 0.3) is 0 Å². The number of carbonyl (C=O) groups excluding carboxylic acids is 1. The molecular weight excluding hydrogens is 226 g/mol. The van der Waals surface area contributed by atoms with Gasteiger partial charge < -0.3 is 10.2 Å². The lowest BCUT2D eigenvalue weighted by molar-refractivity contribution is -0.134. The summed E-state index contributed by atoms with van der Waals surface area (Å²) >= 11 is 0. The van der Waals surface area contributed by atoms with Crippen LogP contribution in [0.1, 0.15) is 40.0 Å². The predicted molar refractivity (Wildman–Crippen MR) is 75.6 cm³/mol. The topological polar surface area (TPSA) is 35.6 Å². The molecule has 106 valence electrons. The summed E-state index contributed by atoms with van der Waals surface area (Å²) in [6.07, 6.45) is 3.82. The van der Waals surface area contributed by atoms with Crippen molar-refractivity contribution in [3.8, 4) is 0 Å². The molecule has 1 aliphatic rings. The van der Waals surface area contributed by atoms with Crippen LogP contribution < -0.4 is 5.32 Å². The Balaban J connectivity index is 2.60. The first-order valence-corrected chi connectivity index (χ1v) is 7.13. The van der Waals surface area contributed by atoms with E-state index in [0.717, 1.165) is 13.1 Å². The molecule has 1 aliphatic heterocycles. The van der Waals surface area contributed by atoms with Crippen LogP contribution in [0.15, 0.2) is 0 Å². The van der Waals surface area contributed by atoms with Crippen molar-refractivity contribution in [2.45, 2.75) is 58.2 Å². The highest BCUT2D eigenvalue weighted by atomic mass is 16.2. The molecule has 4 heteroatoms.